The Bertz CT molecular complexity index is 364. The third-order valence-corrected chi connectivity index (χ3v) is 3.47. The molecule has 1 fully saturated rings. The number of nitrogens with zero attached hydrogens (tertiary/aromatic N) is 2. The molecule has 16 heavy (non-hydrogen) atoms. The van der Waals surface area contributed by atoms with Gasteiger partial charge in [0.1, 0.15) is 0 Å². The molecule has 0 bridgehead atoms. The molecule has 0 radical (unpaired) electrons. The first-order valence-electron chi connectivity index (χ1n) is 5.99. The molecule has 0 atom stereocenters. The lowest BCUT2D eigenvalue weighted by atomic mass is 9.80. The van der Waals surface area contributed by atoms with Gasteiger partial charge in [-0.25, -0.2) is 9.97 Å². The number of ketones is 1. The predicted octanol–water partition coefficient (Wildman–Crippen LogP) is 2.97. The van der Waals surface area contributed by atoms with E-state index in [2.05, 4.69) is 16.9 Å². The molecule has 0 amide bonds. The van der Waals surface area contributed by atoms with Gasteiger partial charge >= 0.3 is 0 Å². The van der Waals surface area contributed by atoms with Crippen molar-refractivity contribution in [3.63, 3.8) is 0 Å². The van der Waals surface area contributed by atoms with Crippen molar-refractivity contribution in [2.45, 2.75) is 45.4 Å². The Balaban J connectivity index is 2.07. The lowest BCUT2D eigenvalue weighted by Gasteiger charge is -2.25. The summed E-state index contributed by atoms with van der Waals surface area (Å²) in [5.41, 5.74) is 1.19. The van der Waals surface area contributed by atoms with Crippen molar-refractivity contribution in [1.29, 1.82) is 0 Å². The van der Waals surface area contributed by atoms with Crippen molar-refractivity contribution in [3.05, 3.63) is 23.8 Å². The molecule has 1 aliphatic carbocycles. The van der Waals surface area contributed by atoms with Gasteiger partial charge in [0.05, 0.1) is 0 Å². The second-order valence-electron chi connectivity index (χ2n) is 4.85. The van der Waals surface area contributed by atoms with Crippen molar-refractivity contribution < 1.29 is 4.79 Å². The van der Waals surface area contributed by atoms with E-state index in [1.54, 1.807) is 0 Å². The van der Waals surface area contributed by atoms with Crippen LogP contribution in [-0.2, 0) is 0 Å². The summed E-state index contributed by atoms with van der Waals surface area (Å²) in [6, 6.07) is 0. The van der Waals surface area contributed by atoms with E-state index in [1.807, 2.05) is 12.4 Å². The smallest absolute Gasteiger partial charge is 0.196 e. The van der Waals surface area contributed by atoms with E-state index in [1.165, 1.54) is 38.2 Å². The minimum absolute atomic E-state index is 0.0659. The van der Waals surface area contributed by atoms with Gasteiger partial charge in [0.15, 0.2) is 11.6 Å². The summed E-state index contributed by atoms with van der Waals surface area (Å²) in [6.07, 6.45) is 8.68. The van der Waals surface area contributed by atoms with E-state index in [4.69, 9.17) is 0 Å². The minimum atomic E-state index is -0.0659. The average molecular weight is 218 g/mol. The summed E-state index contributed by atoms with van der Waals surface area (Å²) < 4.78 is 0. The standard InChI is InChI=1S/C13H18N2O/c1-9-3-5-11(6-4-9)12-7-14-13(10(2)16)15-8-12/h7-9,11H,3-6H2,1-2H3. The highest BCUT2D eigenvalue weighted by Gasteiger charge is 2.20. The number of carbonyl (C=O) groups excluding carboxylic acids is 1. The number of aromatic nitrogens is 2. The van der Waals surface area contributed by atoms with Crippen molar-refractivity contribution in [1.82, 2.24) is 9.97 Å². The zero-order valence-corrected chi connectivity index (χ0v) is 9.94. The molecule has 2 rings (SSSR count). The fourth-order valence-corrected chi connectivity index (χ4v) is 2.32. The fraction of sp³-hybridized carbons (Fsp3) is 0.615. The quantitative estimate of drug-likeness (QED) is 0.717. The molecular formula is C13H18N2O. The van der Waals surface area contributed by atoms with E-state index >= 15 is 0 Å². The summed E-state index contributed by atoms with van der Waals surface area (Å²) >= 11 is 0. The highest BCUT2D eigenvalue weighted by atomic mass is 16.1. The summed E-state index contributed by atoms with van der Waals surface area (Å²) in [7, 11) is 0. The number of rotatable bonds is 2. The van der Waals surface area contributed by atoms with Crippen LogP contribution in [0.2, 0.25) is 0 Å². The molecule has 0 N–H and O–H groups in total. The van der Waals surface area contributed by atoms with Crippen LogP contribution in [0.15, 0.2) is 12.4 Å². The minimum Gasteiger partial charge on any atom is -0.291 e. The van der Waals surface area contributed by atoms with E-state index in [0.29, 0.717) is 11.7 Å². The highest BCUT2D eigenvalue weighted by molar-refractivity contribution is 5.90. The zero-order chi connectivity index (χ0) is 11.5. The molecule has 0 spiro atoms. The first-order chi connectivity index (χ1) is 7.66. The molecule has 3 nitrogen and oxygen atoms in total. The maximum absolute atomic E-state index is 11.1. The fourth-order valence-electron chi connectivity index (χ4n) is 2.32. The van der Waals surface area contributed by atoms with Crippen LogP contribution in [0.5, 0.6) is 0 Å². The van der Waals surface area contributed by atoms with Crippen LogP contribution in [0.4, 0.5) is 0 Å². The lowest BCUT2D eigenvalue weighted by Crippen LogP contribution is -2.12. The zero-order valence-electron chi connectivity index (χ0n) is 9.94. The molecule has 1 aliphatic rings. The molecule has 1 aromatic rings. The summed E-state index contributed by atoms with van der Waals surface area (Å²) in [5, 5.41) is 0. The summed E-state index contributed by atoms with van der Waals surface area (Å²) in [5.74, 6) is 1.71. The third-order valence-electron chi connectivity index (χ3n) is 3.47. The highest BCUT2D eigenvalue weighted by Crippen LogP contribution is 2.34. The summed E-state index contributed by atoms with van der Waals surface area (Å²) in [6.45, 7) is 3.81. The Labute approximate surface area is 96.3 Å². The van der Waals surface area contributed by atoms with Gasteiger partial charge in [0, 0.05) is 19.3 Å². The van der Waals surface area contributed by atoms with Crippen molar-refractivity contribution in [2.24, 2.45) is 5.92 Å². The van der Waals surface area contributed by atoms with E-state index in [0.717, 1.165) is 5.92 Å². The Kier molecular flexibility index (Phi) is 3.32. The van der Waals surface area contributed by atoms with Crippen molar-refractivity contribution in [2.75, 3.05) is 0 Å². The molecule has 1 aromatic heterocycles. The topological polar surface area (TPSA) is 42.9 Å². The Morgan fingerprint density at radius 2 is 1.75 bits per heavy atom. The number of hydrogen-bond donors (Lipinski definition) is 0. The number of Topliss-reactive ketones (excluding diaryl/α,β-unsaturated/α-hetero) is 1. The Morgan fingerprint density at radius 1 is 1.19 bits per heavy atom. The molecule has 3 heteroatoms. The lowest BCUT2D eigenvalue weighted by molar-refractivity contribution is 0.100. The molecule has 0 unspecified atom stereocenters. The largest absolute Gasteiger partial charge is 0.291 e. The van der Waals surface area contributed by atoms with Gasteiger partial charge in [-0.2, -0.15) is 0 Å². The van der Waals surface area contributed by atoms with Gasteiger partial charge in [0.2, 0.25) is 0 Å². The van der Waals surface area contributed by atoms with Gasteiger partial charge in [-0.15, -0.1) is 0 Å². The second-order valence-corrected chi connectivity index (χ2v) is 4.85. The van der Waals surface area contributed by atoms with Gasteiger partial charge in [-0.05, 0) is 30.2 Å². The van der Waals surface area contributed by atoms with Crippen LogP contribution in [0.3, 0.4) is 0 Å². The monoisotopic (exact) mass is 218 g/mol. The molecule has 0 aromatic carbocycles. The Hall–Kier alpha value is -1.25. The SMILES string of the molecule is CC(=O)c1ncc(C2CCC(C)CC2)cn1. The van der Waals surface area contributed by atoms with Crippen molar-refractivity contribution >= 4 is 5.78 Å². The molecule has 0 aliphatic heterocycles. The van der Waals surface area contributed by atoms with Crippen LogP contribution in [0.25, 0.3) is 0 Å². The maximum atomic E-state index is 11.1. The molecule has 86 valence electrons. The second kappa shape index (κ2) is 4.73. The van der Waals surface area contributed by atoms with Crippen LogP contribution >= 0.6 is 0 Å². The average Bonchev–Trinajstić information content (AvgIpc) is 2.30. The van der Waals surface area contributed by atoms with Crippen LogP contribution in [0.1, 0.15) is 61.6 Å². The van der Waals surface area contributed by atoms with Crippen molar-refractivity contribution in [3.8, 4) is 0 Å². The molecule has 0 saturated heterocycles. The van der Waals surface area contributed by atoms with Gasteiger partial charge in [-0.3, -0.25) is 4.79 Å². The maximum Gasteiger partial charge on any atom is 0.196 e. The molecule has 1 saturated carbocycles. The predicted molar refractivity (Wildman–Crippen MR) is 62.4 cm³/mol. The molecule has 1 heterocycles. The van der Waals surface area contributed by atoms with Crippen LogP contribution in [-0.4, -0.2) is 15.8 Å². The number of hydrogen-bond acceptors (Lipinski definition) is 3. The normalized spacial score (nSPS) is 25.4. The van der Waals surface area contributed by atoms with E-state index < -0.39 is 0 Å². The Morgan fingerprint density at radius 3 is 2.25 bits per heavy atom. The first kappa shape index (κ1) is 11.2. The van der Waals surface area contributed by atoms with Gasteiger partial charge < -0.3 is 0 Å². The third kappa shape index (κ3) is 2.46. The van der Waals surface area contributed by atoms with E-state index in [-0.39, 0.29) is 5.78 Å². The molecular weight excluding hydrogens is 200 g/mol. The summed E-state index contributed by atoms with van der Waals surface area (Å²) in [4.78, 5) is 19.3. The van der Waals surface area contributed by atoms with Crippen LogP contribution < -0.4 is 0 Å². The first-order valence-corrected chi connectivity index (χ1v) is 5.99. The van der Waals surface area contributed by atoms with E-state index in [9.17, 15) is 4.79 Å². The van der Waals surface area contributed by atoms with Gasteiger partial charge in [0.25, 0.3) is 0 Å². The van der Waals surface area contributed by atoms with Crippen LogP contribution in [0, 0.1) is 5.92 Å². The van der Waals surface area contributed by atoms with Gasteiger partial charge in [-0.1, -0.05) is 19.8 Å². The number of carbonyl (C=O) groups is 1.